The fourth-order valence-corrected chi connectivity index (χ4v) is 7.45. The Labute approximate surface area is 283 Å². The van der Waals surface area contributed by atoms with Gasteiger partial charge in [0.15, 0.2) is 10.9 Å². The van der Waals surface area contributed by atoms with Crippen LogP contribution in [0.15, 0.2) is 119 Å². The van der Waals surface area contributed by atoms with Crippen LogP contribution in [-0.4, -0.2) is 25.5 Å². The van der Waals surface area contributed by atoms with Crippen molar-refractivity contribution in [1.29, 1.82) is 0 Å². The molecule has 0 atom stereocenters. The zero-order valence-electron chi connectivity index (χ0n) is 25.7. The highest BCUT2D eigenvalue weighted by molar-refractivity contribution is 7.19. The van der Waals surface area contributed by atoms with Gasteiger partial charge >= 0.3 is 12.3 Å². The van der Waals surface area contributed by atoms with E-state index < -0.39 is 12.3 Å². The number of fused-ring (bicyclic) bond motifs is 2. The van der Waals surface area contributed by atoms with Crippen molar-refractivity contribution in [2.24, 2.45) is 0 Å². The summed E-state index contributed by atoms with van der Waals surface area (Å²) < 4.78 is 22.8. The van der Waals surface area contributed by atoms with Crippen LogP contribution in [0, 0.1) is 0 Å². The topological polar surface area (TPSA) is 105 Å². The Morgan fingerprint density at radius 3 is 1.27 bits per heavy atom. The second kappa shape index (κ2) is 15.5. The molecule has 10 heteroatoms. The molecule has 2 heterocycles. The number of carbonyl (C=O) groups is 2. The van der Waals surface area contributed by atoms with Gasteiger partial charge in [-0.15, -0.1) is 22.7 Å². The van der Waals surface area contributed by atoms with Crippen LogP contribution in [0.2, 0.25) is 0 Å². The number of rotatable bonds is 11. The van der Waals surface area contributed by atoms with E-state index in [-0.39, 0.29) is 37.3 Å². The summed E-state index contributed by atoms with van der Waals surface area (Å²) >= 11 is 2.79. The van der Waals surface area contributed by atoms with E-state index in [1.54, 1.807) is 12.1 Å². The fourth-order valence-electron chi connectivity index (χ4n) is 5.22. The molecule has 0 saturated carbocycles. The normalized spacial score (nSPS) is 10.9. The highest BCUT2D eigenvalue weighted by Gasteiger charge is 2.18. The van der Waals surface area contributed by atoms with Gasteiger partial charge in [0.05, 0.1) is 23.0 Å². The lowest BCUT2D eigenvalue weighted by atomic mass is 10.0. The van der Waals surface area contributed by atoms with Crippen LogP contribution in [0.25, 0.3) is 42.4 Å². The van der Waals surface area contributed by atoms with E-state index in [9.17, 15) is 19.2 Å². The van der Waals surface area contributed by atoms with E-state index in [0.717, 1.165) is 20.5 Å². The lowest BCUT2D eigenvalue weighted by molar-refractivity contribution is 0.0395. The maximum atomic E-state index is 13.3. The summed E-state index contributed by atoms with van der Waals surface area (Å²) in [5, 5.41) is 1.23. The monoisotopic (exact) mass is 678 g/mol. The van der Waals surface area contributed by atoms with Crippen molar-refractivity contribution in [3.8, 4) is 22.3 Å². The van der Waals surface area contributed by atoms with Gasteiger partial charge in [-0.2, -0.15) is 0 Å². The summed E-state index contributed by atoms with van der Waals surface area (Å²) in [6.07, 6.45) is -0.868. The lowest BCUT2D eigenvalue weighted by Gasteiger charge is -2.12. The summed E-state index contributed by atoms with van der Waals surface area (Å²) in [6, 6.07) is 33.3. The molecule has 0 amide bonds. The van der Waals surface area contributed by atoms with E-state index in [4.69, 9.17) is 18.9 Å². The van der Waals surface area contributed by atoms with Gasteiger partial charge in [-0.05, 0) is 48.2 Å². The van der Waals surface area contributed by atoms with Crippen LogP contribution in [-0.2, 0) is 32.2 Å². The SMILES string of the molecule is O=C(OCCCCOC(=O)OCc1sc2ccccc2c(=O)c1-c1ccccc1)OCc1sc2ccccc2c(=O)c1-c1ccccc1. The van der Waals surface area contributed by atoms with Crippen molar-refractivity contribution in [2.45, 2.75) is 26.1 Å². The summed E-state index contributed by atoms with van der Waals surface area (Å²) in [5.74, 6) is 0. The Balaban J connectivity index is 0.971. The molecule has 4 aromatic carbocycles. The average Bonchev–Trinajstić information content (AvgIpc) is 3.12. The number of hydrogen-bond acceptors (Lipinski definition) is 10. The average molecular weight is 679 g/mol. The maximum Gasteiger partial charge on any atom is 0.508 e. The van der Waals surface area contributed by atoms with Crippen LogP contribution in [0.5, 0.6) is 0 Å². The Bertz CT molecular complexity index is 2020. The second-order valence-electron chi connectivity index (χ2n) is 10.7. The van der Waals surface area contributed by atoms with E-state index in [1.807, 2.05) is 97.1 Å². The Kier molecular flexibility index (Phi) is 10.5. The zero-order valence-corrected chi connectivity index (χ0v) is 27.4. The van der Waals surface area contributed by atoms with E-state index in [2.05, 4.69) is 0 Å². The molecule has 6 rings (SSSR count). The Hall–Kier alpha value is -5.32. The van der Waals surface area contributed by atoms with Crippen molar-refractivity contribution in [3.63, 3.8) is 0 Å². The third-order valence-corrected chi connectivity index (χ3v) is 9.78. The molecule has 0 saturated heterocycles. The van der Waals surface area contributed by atoms with Gasteiger partial charge in [-0.1, -0.05) is 84.9 Å². The molecule has 2 aromatic heterocycles. The van der Waals surface area contributed by atoms with Gasteiger partial charge in [0.25, 0.3) is 0 Å². The number of ether oxygens (including phenoxy) is 4. The van der Waals surface area contributed by atoms with Gasteiger partial charge < -0.3 is 18.9 Å². The molecular weight excluding hydrogens is 649 g/mol. The molecule has 0 bridgehead atoms. The Morgan fingerprint density at radius 1 is 0.479 bits per heavy atom. The third-order valence-electron chi connectivity index (χ3n) is 7.49. The number of unbranched alkanes of at least 4 members (excludes halogenated alkanes) is 1. The summed E-state index contributed by atoms with van der Waals surface area (Å²) in [5.41, 5.74) is 2.26. The molecule has 48 heavy (non-hydrogen) atoms. The first kappa shape index (κ1) is 32.6. The molecule has 0 spiro atoms. The minimum atomic E-state index is -0.856. The summed E-state index contributed by atoms with van der Waals surface area (Å²) in [6.45, 7) is -0.105. The largest absolute Gasteiger partial charge is 0.508 e. The van der Waals surface area contributed by atoms with Crippen LogP contribution in [0.4, 0.5) is 9.59 Å². The van der Waals surface area contributed by atoms with Crippen LogP contribution >= 0.6 is 22.7 Å². The van der Waals surface area contributed by atoms with Crippen LogP contribution in [0.3, 0.4) is 0 Å². The molecule has 0 aliphatic carbocycles. The first-order valence-electron chi connectivity index (χ1n) is 15.3. The number of hydrogen-bond donors (Lipinski definition) is 0. The fraction of sp³-hybridized carbons (Fsp3) is 0.158. The quantitative estimate of drug-likeness (QED) is 0.0988. The van der Waals surface area contributed by atoms with Gasteiger partial charge in [-0.25, -0.2) is 9.59 Å². The molecule has 0 radical (unpaired) electrons. The van der Waals surface area contributed by atoms with Crippen molar-refractivity contribution >= 4 is 55.2 Å². The number of benzene rings is 4. The molecule has 8 nitrogen and oxygen atoms in total. The third kappa shape index (κ3) is 7.62. The molecule has 0 N–H and O–H groups in total. The number of carbonyl (C=O) groups excluding carboxylic acids is 2. The molecule has 0 aliphatic heterocycles. The first-order valence-corrected chi connectivity index (χ1v) is 16.9. The second-order valence-corrected chi connectivity index (χ2v) is 12.9. The maximum absolute atomic E-state index is 13.3. The molecular formula is C38H30O8S2. The predicted molar refractivity (Wildman–Crippen MR) is 189 cm³/mol. The molecule has 0 fully saturated rings. The van der Waals surface area contributed by atoms with E-state index in [1.165, 1.54) is 22.7 Å². The molecule has 6 aromatic rings. The highest BCUT2D eigenvalue weighted by Crippen LogP contribution is 2.31. The molecule has 242 valence electrons. The minimum Gasteiger partial charge on any atom is -0.434 e. The highest BCUT2D eigenvalue weighted by atomic mass is 32.1. The van der Waals surface area contributed by atoms with Crippen molar-refractivity contribution in [3.05, 3.63) is 139 Å². The Morgan fingerprint density at radius 2 is 0.854 bits per heavy atom. The predicted octanol–water partition coefficient (Wildman–Crippen LogP) is 8.96. The van der Waals surface area contributed by atoms with Gasteiger partial charge in [0.2, 0.25) is 0 Å². The smallest absolute Gasteiger partial charge is 0.434 e. The van der Waals surface area contributed by atoms with Crippen LogP contribution in [0.1, 0.15) is 22.6 Å². The van der Waals surface area contributed by atoms with Crippen molar-refractivity contribution < 1.29 is 28.5 Å². The van der Waals surface area contributed by atoms with Crippen molar-refractivity contribution in [1.82, 2.24) is 0 Å². The zero-order chi connectivity index (χ0) is 33.3. The van der Waals surface area contributed by atoms with Crippen LogP contribution < -0.4 is 10.9 Å². The molecule has 0 aliphatic rings. The van der Waals surface area contributed by atoms with Gasteiger partial charge in [0.1, 0.15) is 13.2 Å². The van der Waals surface area contributed by atoms with E-state index in [0.29, 0.717) is 44.5 Å². The standard InChI is InChI=1S/C38H30O8S2/c39-35-27-17-7-9-19-29(27)47-31(33(35)25-13-3-1-4-14-25)23-45-37(41)43-21-11-12-22-44-38(42)46-24-32-34(26-15-5-2-6-16-26)36(40)28-18-8-10-20-30(28)48-32/h1-10,13-20H,11-12,21-24H2. The minimum absolute atomic E-state index is 0.0578. The van der Waals surface area contributed by atoms with Gasteiger partial charge in [-0.3, -0.25) is 9.59 Å². The van der Waals surface area contributed by atoms with E-state index >= 15 is 0 Å². The summed E-state index contributed by atoms with van der Waals surface area (Å²) in [4.78, 5) is 52.7. The summed E-state index contributed by atoms with van der Waals surface area (Å²) in [7, 11) is 0. The molecule has 0 unspecified atom stereocenters. The van der Waals surface area contributed by atoms with Crippen molar-refractivity contribution in [2.75, 3.05) is 13.2 Å². The lowest BCUT2D eigenvalue weighted by Crippen LogP contribution is -2.13. The first-order chi connectivity index (χ1) is 23.5. The van der Waals surface area contributed by atoms with Gasteiger partial charge in [0, 0.05) is 31.3 Å².